The number of hydrogen-bond donors (Lipinski definition) is 2. The van der Waals surface area contributed by atoms with Gasteiger partial charge in [-0.2, -0.15) is 5.06 Å². The molecule has 1 fully saturated rings. The van der Waals surface area contributed by atoms with Gasteiger partial charge in [0.25, 0.3) is 0 Å². The second-order valence-electron chi connectivity index (χ2n) is 6.14. The molecule has 1 unspecified atom stereocenters. The Kier molecular flexibility index (Phi) is 7.87. The molecule has 0 aliphatic heterocycles. The number of hydrazine groups is 1. The predicted molar refractivity (Wildman–Crippen MR) is 81.1 cm³/mol. The van der Waals surface area contributed by atoms with Crippen molar-refractivity contribution in [2.45, 2.75) is 71.4 Å². The first kappa shape index (κ1) is 18.4. The number of hydrogen-bond acceptors (Lipinski definition) is 5. The van der Waals surface area contributed by atoms with Gasteiger partial charge in [-0.15, -0.1) is 0 Å². The Hall–Kier alpha value is -1.63. The summed E-state index contributed by atoms with van der Waals surface area (Å²) in [6, 6.07) is -0.314. The summed E-state index contributed by atoms with van der Waals surface area (Å²) < 4.78 is 0. The molecule has 1 aliphatic carbocycles. The van der Waals surface area contributed by atoms with Gasteiger partial charge in [-0.05, 0) is 26.2 Å². The van der Waals surface area contributed by atoms with E-state index in [0.717, 1.165) is 17.9 Å². The van der Waals surface area contributed by atoms with Gasteiger partial charge in [-0.3, -0.25) is 19.8 Å². The topological polar surface area (TPSA) is 87.7 Å². The van der Waals surface area contributed by atoms with E-state index in [-0.39, 0.29) is 18.4 Å². The van der Waals surface area contributed by atoms with Crippen LogP contribution in [0, 0.1) is 5.92 Å². The van der Waals surface area contributed by atoms with Gasteiger partial charge in [0.2, 0.25) is 12.3 Å². The lowest BCUT2D eigenvalue weighted by atomic mass is 9.96. The van der Waals surface area contributed by atoms with Crippen LogP contribution in [0.3, 0.4) is 0 Å². The van der Waals surface area contributed by atoms with E-state index in [4.69, 9.17) is 4.84 Å². The number of hydroxylamine groups is 2. The van der Waals surface area contributed by atoms with E-state index in [1.807, 2.05) is 13.8 Å². The van der Waals surface area contributed by atoms with Crippen LogP contribution in [0.4, 0.5) is 0 Å². The highest BCUT2D eigenvalue weighted by molar-refractivity contribution is 5.76. The Bertz CT molecular complexity index is 381. The van der Waals surface area contributed by atoms with E-state index < -0.39 is 12.0 Å². The molecule has 1 rings (SSSR count). The summed E-state index contributed by atoms with van der Waals surface area (Å²) in [5, 5.41) is 0.982. The van der Waals surface area contributed by atoms with Gasteiger partial charge in [0.15, 0.2) is 0 Å². The Balaban J connectivity index is 2.64. The predicted octanol–water partition coefficient (Wildman–Crippen LogP) is 1.29. The summed E-state index contributed by atoms with van der Waals surface area (Å²) in [6.07, 6.45) is 5.78. The van der Waals surface area contributed by atoms with Crippen LogP contribution in [0.2, 0.25) is 0 Å². The van der Waals surface area contributed by atoms with Crippen molar-refractivity contribution in [2.75, 3.05) is 0 Å². The fraction of sp³-hybridized carbons (Fsp3) is 0.800. The zero-order chi connectivity index (χ0) is 16.5. The van der Waals surface area contributed by atoms with Crippen molar-refractivity contribution in [1.82, 2.24) is 15.9 Å². The van der Waals surface area contributed by atoms with Gasteiger partial charge in [0.05, 0.1) is 12.5 Å². The van der Waals surface area contributed by atoms with Gasteiger partial charge in [-0.25, -0.2) is 5.43 Å². The average molecular weight is 313 g/mol. The van der Waals surface area contributed by atoms with E-state index in [1.165, 1.54) is 19.8 Å². The molecule has 1 saturated carbocycles. The van der Waals surface area contributed by atoms with E-state index in [2.05, 4.69) is 10.9 Å². The first-order chi connectivity index (χ1) is 10.4. The molecule has 0 aromatic heterocycles. The third kappa shape index (κ3) is 6.89. The molecule has 7 nitrogen and oxygen atoms in total. The smallest absolute Gasteiger partial charge is 0.329 e. The lowest BCUT2D eigenvalue weighted by molar-refractivity contribution is -0.199. The van der Waals surface area contributed by atoms with Crippen LogP contribution >= 0.6 is 0 Å². The fourth-order valence-electron chi connectivity index (χ4n) is 2.73. The molecule has 2 N–H and O–H groups in total. The van der Waals surface area contributed by atoms with Crippen LogP contribution in [0.15, 0.2) is 0 Å². The maximum Gasteiger partial charge on any atom is 0.329 e. The van der Waals surface area contributed by atoms with Crippen LogP contribution in [0.5, 0.6) is 0 Å². The second kappa shape index (κ2) is 9.40. The Labute approximate surface area is 131 Å². The summed E-state index contributed by atoms with van der Waals surface area (Å²) >= 11 is 0. The van der Waals surface area contributed by atoms with Crippen molar-refractivity contribution in [2.24, 2.45) is 5.92 Å². The molecule has 1 aliphatic rings. The van der Waals surface area contributed by atoms with E-state index in [9.17, 15) is 14.4 Å². The number of nitrogens with one attached hydrogen (secondary N) is 2. The standard InChI is InChI=1S/C15H27N3O4/c1-11(2)16-17-15(21)9-14(8-13-6-4-5-7-13)18(10-19)22-12(3)20/h10-11,13-14,16H,4-9H2,1-3H3,(H,17,21). The van der Waals surface area contributed by atoms with Crippen molar-refractivity contribution >= 4 is 18.3 Å². The fourth-order valence-corrected chi connectivity index (χ4v) is 2.73. The van der Waals surface area contributed by atoms with Crippen LogP contribution in [-0.4, -0.2) is 35.4 Å². The van der Waals surface area contributed by atoms with E-state index in [0.29, 0.717) is 18.7 Å². The Morgan fingerprint density at radius 3 is 2.45 bits per heavy atom. The van der Waals surface area contributed by atoms with Crippen LogP contribution in [-0.2, 0) is 19.2 Å². The molecular weight excluding hydrogens is 286 g/mol. The maximum absolute atomic E-state index is 12.0. The summed E-state index contributed by atoms with van der Waals surface area (Å²) in [4.78, 5) is 39.2. The second-order valence-corrected chi connectivity index (χ2v) is 6.14. The van der Waals surface area contributed by atoms with Gasteiger partial charge in [-0.1, -0.05) is 25.7 Å². The van der Waals surface area contributed by atoms with Crippen molar-refractivity contribution in [1.29, 1.82) is 0 Å². The summed E-state index contributed by atoms with van der Waals surface area (Å²) in [5.41, 5.74) is 5.43. The highest BCUT2D eigenvalue weighted by Crippen LogP contribution is 2.30. The zero-order valence-electron chi connectivity index (χ0n) is 13.6. The molecule has 2 amide bonds. The van der Waals surface area contributed by atoms with E-state index in [1.54, 1.807) is 0 Å². The molecule has 0 spiro atoms. The summed E-state index contributed by atoms with van der Waals surface area (Å²) in [7, 11) is 0. The van der Waals surface area contributed by atoms with Crippen LogP contribution in [0.25, 0.3) is 0 Å². The molecule has 0 aromatic carbocycles. The van der Waals surface area contributed by atoms with Gasteiger partial charge >= 0.3 is 5.97 Å². The quantitative estimate of drug-likeness (QED) is 0.495. The Morgan fingerprint density at radius 1 is 1.32 bits per heavy atom. The summed E-state index contributed by atoms with van der Waals surface area (Å²) in [6.45, 7) is 5.06. The number of rotatable bonds is 9. The molecule has 7 heteroatoms. The average Bonchev–Trinajstić information content (AvgIpc) is 2.94. The number of nitrogens with zero attached hydrogens (tertiary/aromatic N) is 1. The number of carbonyl (C=O) groups is 3. The molecule has 0 saturated heterocycles. The van der Waals surface area contributed by atoms with Gasteiger partial charge in [0, 0.05) is 13.0 Å². The highest BCUT2D eigenvalue weighted by atomic mass is 16.7. The van der Waals surface area contributed by atoms with Crippen LogP contribution in [0.1, 0.15) is 59.3 Å². The zero-order valence-corrected chi connectivity index (χ0v) is 13.6. The first-order valence-corrected chi connectivity index (χ1v) is 7.89. The normalized spacial score (nSPS) is 16.4. The Morgan fingerprint density at radius 2 is 1.95 bits per heavy atom. The van der Waals surface area contributed by atoms with E-state index >= 15 is 0 Å². The summed E-state index contributed by atoms with van der Waals surface area (Å²) in [5.74, 6) is -0.325. The van der Waals surface area contributed by atoms with Crippen LogP contribution < -0.4 is 10.9 Å². The van der Waals surface area contributed by atoms with Crippen molar-refractivity contribution in [3.05, 3.63) is 0 Å². The van der Waals surface area contributed by atoms with Gasteiger partial charge < -0.3 is 4.84 Å². The highest BCUT2D eigenvalue weighted by Gasteiger charge is 2.28. The lowest BCUT2D eigenvalue weighted by Gasteiger charge is -2.28. The molecule has 0 radical (unpaired) electrons. The SMILES string of the molecule is CC(=O)ON(C=O)C(CC(=O)NNC(C)C)CC1CCCC1. The van der Waals surface area contributed by atoms with Gasteiger partial charge in [0.1, 0.15) is 0 Å². The molecule has 126 valence electrons. The molecule has 0 bridgehead atoms. The van der Waals surface area contributed by atoms with Crippen molar-refractivity contribution in [3.63, 3.8) is 0 Å². The molecule has 0 heterocycles. The van der Waals surface area contributed by atoms with Crippen molar-refractivity contribution in [3.8, 4) is 0 Å². The first-order valence-electron chi connectivity index (χ1n) is 7.89. The lowest BCUT2D eigenvalue weighted by Crippen LogP contribution is -2.46. The molecule has 22 heavy (non-hydrogen) atoms. The number of carbonyl (C=O) groups excluding carboxylic acids is 3. The molecule has 1 atom stereocenters. The minimum Gasteiger partial charge on any atom is -0.338 e. The largest absolute Gasteiger partial charge is 0.338 e. The van der Waals surface area contributed by atoms with Crippen molar-refractivity contribution < 1.29 is 19.2 Å². The number of amides is 2. The maximum atomic E-state index is 12.0. The molecule has 0 aromatic rings. The monoisotopic (exact) mass is 313 g/mol. The minimum atomic E-state index is -0.566. The molecular formula is C15H27N3O4. The minimum absolute atomic E-state index is 0.0994. The third-order valence-electron chi connectivity index (χ3n) is 3.70. The third-order valence-corrected chi connectivity index (χ3v) is 3.70.